The summed E-state index contributed by atoms with van der Waals surface area (Å²) in [7, 11) is 0. The number of ether oxygens (including phenoxy) is 1. The standard InChI is InChI=1S/C22H19ClN2O2/c1-22(2)14-17-13-16(7-8-20(17)27-22)21(26)19(25-10-4-9-24-25)12-15-5-3-6-18(23)11-15/h3-13H,14H2,1-2H3. The third kappa shape index (κ3) is 3.67. The predicted molar refractivity (Wildman–Crippen MR) is 107 cm³/mol. The van der Waals surface area contributed by atoms with Crippen molar-refractivity contribution in [1.29, 1.82) is 0 Å². The number of benzene rings is 2. The Kier molecular flexibility index (Phi) is 4.36. The molecule has 0 unspecified atom stereocenters. The first-order valence-corrected chi connectivity index (χ1v) is 9.13. The number of Topliss-reactive ketones (excluding diaryl/α,β-unsaturated/α-hetero) is 1. The van der Waals surface area contributed by atoms with Gasteiger partial charge in [-0.3, -0.25) is 4.79 Å². The Balaban J connectivity index is 1.75. The van der Waals surface area contributed by atoms with Crippen LogP contribution in [0.5, 0.6) is 5.75 Å². The average Bonchev–Trinajstić information content (AvgIpc) is 3.24. The summed E-state index contributed by atoms with van der Waals surface area (Å²) < 4.78 is 7.49. The number of nitrogens with zero attached hydrogens (tertiary/aromatic N) is 2. The van der Waals surface area contributed by atoms with Crippen LogP contribution in [0.3, 0.4) is 0 Å². The van der Waals surface area contributed by atoms with Crippen LogP contribution < -0.4 is 4.74 Å². The number of halogens is 1. The van der Waals surface area contributed by atoms with Crippen molar-refractivity contribution >= 4 is 29.2 Å². The third-order valence-electron chi connectivity index (χ3n) is 4.46. The number of carbonyl (C=O) groups excluding carboxylic acids is 1. The van der Waals surface area contributed by atoms with Crippen molar-refractivity contribution in [2.75, 3.05) is 0 Å². The van der Waals surface area contributed by atoms with Gasteiger partial charge in [0.25, 0.3) is 0 Å². The van der Waals surface area contributed by atoms with Crippen LogP contribution in [-0.4, -0.2) is 21.2 Å². The summed E-state index contributed by atoms with van der Waals surface area (Å²) in [5.74, 6) is 0.738. The molecule has 2 aromatic carbocycles. The first kappa shape index (κ1) is 17.6. The van der Waals surface area contributed by atoms with Crippen LogP contribution in [0.15, 0.2) is 60.9 Å². The second kappa shape index (κ2) is 6.71. The number of fused-ring (bicyclic) bond motifs is 1. The van der Waals surface area contributed by atoms with Crippen LogP contribution in [0.25, 0.3) is 11.8 Å². The maximum atomic E-state index is 13.3. The van der Waals surface area contributed by atoms with Crippen LogP contribution in [0, 0.1) is 0 Å². The van der Waals surface area contributed by atoms with Gasteiger partial charge in [-0.15, -0.1) is 0 Å². The van der Waals surface area contributed by atoms with Crippen LogP contribution in [0.1, 0.15) is 35.3 Å². The van der Waals surface area contributed by atoms with Gasteiger partial charge in [0, 0.05) is 29.4 Å². The highest BCUT2D eigenvalue weighted by Crippen LogP contribution is 2.35. The molecule has 1 aromatic heterocycles. The number of hydrogen-bond acceptors (Lipinski definition) is 3. The summed E-state index contributed by atoms with van der Waals surface area (Å²) in [5, 5.41) is 4.87. The zero-order chi connectivity index (χ0) is 19.0. The second-order valence-corrected chi connectivity index (χ2v) is 7.66. The topological polar surface area (TPSA) is 44.1 Å². The van der Waals surface area contributed by atoms with Gasteiger partial charge in [0.15, 0.2) is 0 Å². The molecule has 4 rings (SSSR count). The molecule has 136 valence electrons. The molecule has 27 heavy (non-hydrogen) atoms. The van der Waals surface area contributed by atoms with Gasteiger partial charge in [-0.25, -0.2) is 4.68 Å². The Morgan fingerprint density at radius 2 is 2.07 bits per heavy atom. The minimum Gasteiger partial charge on any atom is -0.487 e. The Morgan fingerprint density at radius 3 is 2.81 bits per heavy atom. The van der Waals surface area contributed by atoms with Gasteiger partial charge in [-0.05, 0) is 67.4 Å². The van der Waals surface area contributed by atoms with E-state index in [1.54, 1.807) is 41.4 Å². The van der Waals surface area contributed by atoms with E-state index < -0.39 is 0 Å². The summed E-state index contributed by atoms with van der Waals surface area (Å²) in [6.45, 7) is 4.09. The number of ketones is 1. The summed E-state index contributed by atoms with van der Waals surface area (Å²) >= 11 is 6.09. The molecule has 0 spiro atoms. The largest absolute Gasteiger partial charge is 0.487 e. The molecule has 0 amide bonds. The van der Waals surface area contributed by atoms with Crippen LogP contribution in [-0.2, 0) is 6.42 Å². The predicted octanol–water partition coefficient (Wildman–Crippen LogP) is 5.13. The molecule has 5 heteroatoms. The first-order chi connectivity index (χ1) is 12.9. The summed E-state index contributed by atoms with van der Waals surface area (Å²) in [6, 6.07) is 14.8. The normalized spacial score (nSPS) is 15.3. The van der Waals surface area contributed by atoms with E-state index in [1.807, 2.05) is 44.2 Å². The quantitative estimate of drug-likeness (QED) is 0.467. The molecular formula is C22H19ClN2O2. The van der Waals surface area contributed by atoms with Gasteiger partial charge in [-0.1, -0.05) is 23.7 Å². The smallest absolute Gasteiger partial charge is 0.211 e. The molecule has 0 bridgehead atoms. The van der Waals surface area contributed by atoms with Gasteiger partial charge >= 0.3 is 0 Å². The second-order valence-electron chi connectivity index (χ2n) is 7.23. The van der Waals surface area contributed by atoms with Gasteiger partial charge in [0.2, 0.25) is 5.78 Å². The number of aromatic nitrogens is 2. The molecule has 1 aliphatic rings. The highest BCUT2D eigenvalue weighted by molar-refractivity contribution is 6.31. The molecule has 0 N–H and O–H groups in total. The van der Waals surface area contributed by atoms with E-state index in [1.165, 1.54) is 0 Å². The molecule has 0 atom stereocenters. The lowest BCUT2D eigenvalue weighted by molar-refractivity contribution is 0.105. The Bertz CT molecular complexity index is 1040. The lowest BCUT2D eigenvalue weighted by Gasteiger charge is -2.16. The van der Waals surface area contributed by atoms with E-state index in [0.717, 1.165) is 23.3 Å². The lowest BCUT2D eigenvalue weighted by atomic mass is 9.98. The Morgan fingerprint density at radius 1 is 1.22 bits per heavy atom. The lowest BCUT2D eigenvalue weighted by Crippen LogP contribution is -2.24. The zero-order valence-electron chi connectivity index (χ0n) is 15.1. The minimum absolute atomic E-state index is 0.105. The van der Waals surface area contributed by atoms with Crippen molar-refractivity contribution in [2.45, 2.75) is 25.9 Å². The van der Waals surface area contributed by atoms with Crippen molar-refractivity contribution in [1.82, 2.24) is 9.78 Å². The molecular weight excluding hydrogens is 360 g/mol. The molecule has 2 heterocycles. The fourth-order valence-corrected chi connectivity index (χ4v) is 3.50. The van der Waals surface area contributed by atoms with E-state index in [9.17, 15) is 4.79 Å². The maximum Gasteiger partial charge on any atom is 0.211 e. The van der Waals surface area contributed by atoms with Crippen molar-refractivity contribution in [3.05, 3.63) is 82.6 Å². The minimum atomic E-state index is -0.245. The number of rotatable bonds is 4. The summed E-state index contributed by atoms with van der Waals surface area (Å²) in [6.07, 6.45) is 5.99. The van der Waals surface area contributed by atoms with Gasteiger partial charge in [0.1, 0.15) is 17.0 Å². The molecule has 1 aliphatic heterocycles. The maximum absolute atomic E-state index is 13.3. The zero-order valence-corrected chi connectivity index (χ0v) is 15.9. The Hall–Kier alpha value is -2.85. The van der Waals surface area contributed by atoms with Gasteiger partial charge < -0.3 is 4.74 Å². The molecule has 0 saturated heterocycles. The SMILES string of the molecule is CC1(C)Cc2cc(C(=O)C(=Cc3cccc(Cl)c3)n3cccn3)ccc2O1. The van der Waals surface area contributed by atoms with Crippen LogP contribution in [0.4, 0.5) is 0 Å². The molecule has 4 nitrogen and oxygen atoms in total. The number of allylic oxidation sites excluding steroid dienone is 1. The highest BCUT2D eigenvalue weighted by Gasteiger charge is 2.30. The monoisotopic (exact) mass is 378 g/mol. The van der Waals surface area contributed by atoms with Crippen molar-refractivity contribution in [2.24, 2.45) is 0 Å². The number of carbonyl (C=O) groups is 1. The van der Waals surface area contributed by atoms with E-state index in [-0.39, 0.29) is 11.4 Å². The molecule has 0 saturated carbocycles. The van der Waals surface area contributed by atoms with E-state index >= 15 is 0 Å². The van der Waals surface area contributed by atoms with E-state index in [4.69, 9.17) is 16.3 Å². The Labute approximate surface area is 163 Å². The van der Waals surface area contributed by atoms with Gasteiger partial charge in [0.05, 0.1) is 0 Å². The van der Waals surface area contributed by atoms with Crippen molar-refractivity contribution in [3.8, 4) is 5.75 Å². The van der Waals surface area contributed by atoms with Gasteiger partial charge in [-0.2, -0.15) is 5.10 Å². The fraction of sp³-hybridized carbons (Fsp3) is 0.182. The average molecular weight is 379 g/mol. The third-order valence-corrected chi connectivity index (χ3v) is 4.70. The highest BCUT2D eigenvalue weighted by atomic mass is 35.5. The molecule has 0 aliphatic carbocycles. The summed E-state index contributed by atoms with van der Waals surface area (Å²) in [4.78, 5) is 13.3. The number of hydrogen-bond donors (Lipinski definition) is 0. The summed E-state index contributed by atoms with van der Waals surface area (Å²) in [5.41, 5.74) is 2.71. The van der Waals surface area contributed by atoms with Crippen LogP contribution in [0.2, 0.25) is 5.02 Å². The fourth-order valence-electron chi connectivity index (χ4n) is 3.30. The molecule has 0 radical (unpaired) electrons. The molecule has 0 fully saturated rings. The first-order valence-electron chi connectivity index (χ1n) is 8.75. The van der Waals surface area contributed by atoms with Crippen LogP contribution >= 0.6 is 11.6 Å². The van der Waals surface area contributed by atoms with Crippen molar-refractivity contribution < 1.29 is 9.53 Å². The molecule has 3 aromatic rings. The van der Waals surface area contributed by atoms with Crippen molar-refractivity contribution in [3.63, 3.8) is 0 Å². The van der Waals surface area contributed by atoms with E-state index in [0.29, 0.717) is 16.3 Å². The van der Waals surface area contributed by atoms with E-state index in [2.05, 4.69) is 5.10 Å².